The predicted molar refractivity (Wildman–Crippen MR) is 141 cm³/mol. The van der Waals surface area contributed by atoms with Crippen LogP contribution in [-0.4, -0.2) is 68.4 Å². The Kier molecular flexibility index (Phi) is 6.69. The predicted octanol–water partition coefficient (Wildman–Crippen LogP) is 4.17. The van der Waals surface area contributed by atoms with Crippen LogP contribution in [0.3, 0.4) is 0 Å². The van der Waals surface area contributed by atoms with E-state index < -0.39 is 0 Å². The summed E-state index contributed by atoms with van der Waals surface area (Å²) in [6, 6.07) is 6.36. The first kappa shape index (κ1) is 24.3. The highest BCUT2D eigenvalue weighted by Crippen LogP contribution is 2.38. The summed E-state index contributed by atoms with van der Waals surface area (Å²) in [5.74, 6) is 1.16. The highest BCUT2D eigenvalue weighted by molar-refractivity contribution is 6.00. The van der Waals surface area contributed by atoms with E-state index in [0.29, 0.717) is 31.3 Å². The lowest BCUT2D eigenvalue weighted by atomic mass is 9.97. The number of carbonyl (C=O) groups is 2. The first-order chi connectivity index (χ1) is 17.3. The van der Waals surface area contributed by atoms with Crippen molar-refractivity contribution in [1.82, 2.24) is 29.4 Å². The van der Waals surface area contributed by atoms with Gasteiger partial charge in [-0.15, -0.1) is 5.10 Å². The molecule has 36 heavy (non-hydrogen) atoms. The number of benzene rings is 1. The summed E-state index contributed by atoms with van der Waals surface area (Å²) >= 11 is 0. The minimum absolute atomic E-state index is 0.0244. The lowest BCUT2D eigenvalue weighted by Crippen LogP contribution is -2.36. The van der Waals surface area contributed by atoms with Crippen molar-refractivity contribution >= 4 is 28.3 Å². The topological polar surface area (TPSA) is 76.3 Å². The van der Waals surface area contributed by atoms with E-state index >= 15 is 0 Å². The van der Waals surface area contributed by atoms with E-state index in [4.69, 9.17) is 0 Å². The van der Waals surface area contributed by atoms with Crippen molar-refractivity contribution < 1.29 is 9.59 Å². The van der Waals surface area contributed by atoms with Gasteiger partial charge in [0.1, 0.15) is 0 Å². The van der Waals surface area contributed by atoms with Crippen LogP contribution in [0.15, 0.2) is 36.7 Å². The van der Waals surface area contributed by atoms with Crippen LogP contribution < -0.4 is 0 Å². The number of fused-ring (bicyclic) bond motifs is 1. The number of hydrogen-bond acceptors (Lipinski definition) is 4. The SMILES string of the molecule is CC(C)c1cc(C(=O)N(C)C)cc2cc(C3=CCCN(C(=O)CCn4ccnn4)C3)n(CC3CC3)c12. The maximum Gasteiger partial charge on any atom is 0.253 e. The van der Waals surface area contributed by atoms with E-state index in [1.807, 2.05) is 11.0 Å². The first-order valence-electron chi connectivity index (χ1n) is 13.0. The van der Waals surface area contributed by atoms with E-state index in [1.165, 1.54) is 35.2 Å². The van der Waals surface area contributed by atoms with Gasteiger partial charge in [0.05, 0.1) is 18.3 Å². The molecule has 8 heteroatoms. The summed E-state index contributed by atoms with van der Waals surface area (Å²) in [6.45, 7) is 7.26. The Labute approximate surface area is 212 Å². The van der Waals surface area contributed by atoms with E-state index in [2.05, 4.69) is 46.9 Å². The van der Waals surface area contributed by atoms with E-state index in [0.717, 1.165) is 30.5 Å². The molecule has 0 atom stereocenters. The van der Waals surface area contributed by atoms with Crippen molar-refractivity contribution in [3.63, 3.8) is 0 Å². The van der Waals surface area contributed by atoms with Crippen molar-refractivity contribution in [1.29, 1.82) is 0 Å². The zero-order chi connectivity index (χ0) is 25.4. The molecule has 3 aromatic rings. The van der Waals surface area contributed by atoms with Crippen LogP contribution in [0.1, 0.15) is 67.1 Å². The number of hydrogen-bond donors (Lipinski definition) is 0. The number of amides is 2. The zero-order valence-corrected chi connectivity index (χ0v) is 21.8. The minimum atomic E-state index is 0.0244. The number of aromatic nitrogens is 4. The van der Waals surface area contributed by atoms with Gasteiger partial charge in [-0.3, -0.25) is 14.3 Å². The van der Waals surface area contributed by atoms with Crippen LogP contribution in [0.2, 0.25) is 0 Å². The largest absolute Gasteiger partial charge is 0.345 e. The second-order valence-corrected chi connectivity index (χ2v) is 10.7. The van der Waals surface area contributed by atoms with Crippen LogP contribution in [0.25, 0.3) is 16.5 Å². The van der Waals surface area contributed by atoms with Gasteiger partial charge in [0, 0.05) is 63.0 Å². The Hall–Kier alpha value is -3.42. The Balaban J connectivity index is 1.49. The molecule has 2 aromatic heterocycles. The molecule has 1 aromatic carbocycles. The zero-order valence-electron chi connectivity index (χ0n) is 21.8. The molecule has 1 saturated carbocycles. The van der Waals surface area contributed by atoms with Crippen LogP contribution in [-0.2, 0) is 17.9 Å². The lowest BCUT2D eigenvalue weighted by molar-refractivity contribution is -0.131. The van der Waals surface area contributed by atoms with Gasteiger partial charge in [-0.1, -0.05) is 25.1 Å². The highest BCUT2D eigenvalue weighted by Gasteiger charge is 2.28. The third-order valence-corrected chi connectivity index (χ3v) is 7.29. The third-order valence-electron chi connectivity index (χ3n) is 7.29. The summed E-state index contributed by atoms with van der Waals surface area (Å²) in [7, 11) is 3.60. The van der Waals surface area contributed by atoms with Gasteiger partial charge in [-0.25, -0.2) is 0 Å². The number of nitrogens with zero attached hydrogens (tertiary/aromatic N) is 6. The van der Waals surface area contributed by atoms with Crippen molar-refractivity contribution in [2.75, 3.05) is 27.2 Å². The molecule has 1 fully saturated rings. The van der Waals surface area contributed by atoms with E-state index in [9.17, 15) is 9.59 Å². The number of carbonyl (C=O) groups excluding carboxylic acids is 2. The van der Waals surface area contributed by atoms with Gasteiger partial charge >= 0.3 is 0 Å². The normalized spacial score (nSPS) is 16.0. The maximum atomic E-state index is 13.0. The second kappa shape index (κ2) is 9.91. The summed E-state index contributed by atoms with van der Waals surface area (Å²) in [6.07, 6.45) is 9.49. The van der Waals surface area contributed by atoms with Crippen molar-refractivity contribution in [2.45, 2.75) is 58.5 Å². The molecule has 0 unspecified atom stereocenters. The average molecular weight is 489 g/mol. The Morgan fingerprint density at radius 2 is 1.97 bits per heavy atom. The van der Waals surface area contributed by atoms with Crippen molar-refractivity contribution in [3.8, 4) is 0 Å². The monoisotopic (exact) mass is 488 g/mol. The van der Waals surface area contributed by atoms with Gasteiger partial charge in [0.15, 0.2) is 0 Å². The fourth-order valence-corrected chi connectivity index (χ4v) is 5.15. The third kappa shape index (κ3) is 4.94. The van der Waals surface area contributed by atoms with Crippen LogP contribution in [0, 0.1) is 5.92 Å². The molecule has 0 saturated heterocycles. The summed E-state index contributed by atoms with van der Waals surface area (Å²) < 4.78 is 4.17. The van der Waals surface area contributed by atoms with Gasteiger partial charge in [0.25, 0.3) is 5.91 Å². The molecule has 1 aliphatic heterocycles. The second-order valence-electron chi connectivity index (χ2n) is 10.7. The quantitative estimate of drug-likeness (QED) is 0.477. The summed E-state index contributed by atoms with van der Waals surface area (Å²) in [5, 5.41) is 8.90. The molecule has 1 aliphatic carbocycles. The molecule has 3 heterocycles. The molecule has 8 nitrogen and oxygen atoms in total. The molecule has 0 spiro atoms. The smallest absolute Gasteiger partial charge is 0.253 e. The highest BCUT2D eigenvalue weighted by atomic mass is 16.2. The first-order valence-corrected chi connectivity index (χ1v) is 13.0. The van der Waals surface area contributed by atoms with Gasteiger partial charge in [-0.2, -0.15) is 0 Å². The molecule has 190 valence electrons. The maximum absolute atomic E-state index is 13.0. The van der Waals surface area contributed by atoms with Gasteiger partial charge < -0.3 is 14.4 Å². The van der Waals surface area contributed by atoms with Gasteiger partial charge in [0.2, 0.25) is 5.91 Å². The summed E-state index contributed by atoms with van der Waals surface area (Å²) in [5.41, 5.74) is 5.55. The molecule has 2 amide bonds. The summed E-state index contributed by atoms with van der Waals surface area (Å²) in [4.78, 5) is 29.5. The molecular formula is C28H36N6O2. The number of rotatable bonds is 8. The van der Waals surface area contributed by atoms with Crippen molar-refractivity contribution in [3.05, 3.63) is 53.5 Å². The van der Waals surface area contributed by atoms with Crippen LogP contribution in [0.4, 0.5) is 0 Å². The molecule has 2 aliphatic rings. The molecule has 0 bridgehead atoms. The van der Waals surface area contributed by atoms with E-state index in [1.54, 1.807) is 36.1 Å². The standard InChI is InChI=1S/C28H36N6O2/c1-19(2)24-15-23(28(36)31(3)4)14-22-16-25(34(27(22)24)17-20-7-8-20)21-6-5-11-32(18-21)26(35)9-12-33-13-10-29-30-33/h6,10,13-16,19-20H,5,7-9,11-12,17-18H2,1-4H3. The minimum Gasteiger partial charge on any atom is -0.345 e. The fourth-order valence-electron chi connectivity index (χ4n) is 5.15. The Bertz CT molecular complexity index is 1300. The number of aryl methyl sites for hydroxylation is 1. The molecule has 5 rings (SSSR count). The van der Waals surface area contributed by atoms with E-state index in [-0.39, 0.29) is 11.8 Å². The Morgan fingerprint density at radius 3 is 2.64 bits per heavy atom. The fraction of sp³-hybridized carbons (Fsp3) is 0.500. The van der Waals surface area contributed by atoms with Gasteiger partial charge in [-0.05, 0) is 60.4 Å². The van der Waals surface area contributed by atoms with Crippen molar-refractivity contribution in [2.24, 2.45) is 5.92 Å². The molecule has 0 radical (unpaired) electrons. The Morgan fingerprint density at radius 1 is 1.17 bits per heavy atom. The molecule has 0 N–H and O–H groups in total. The van der Waals surface area contributed by atoms with Crippen LogP contribution in [0.5, 0.6) is 0 Å². The molecular weight excluding hydrogens is 452 g/mol. The van der Waals surface area contributed by atoms with Crippen LogP contribution >= 0.6 is 0 Å². The lowest BCUT2D eigenvalue weighted by Gasteiger charge is -2.28. The average Bonchev–Trinajstić information content (AvgIpc) is 3.39.